The van der Waals surface area contributed by atoms with Crippen LogP contribution in [0.2, 0.25) is 5.02 Å². The highest BCUT2D eigenvalue weighted by Gasteiger charge is 2.19. The molecule has 0 aliphatic heterocycles. The van der Waals surface area contributed by atoms with Crippen molar-refractivity contribution in [2.45, 2.75) is 4.90 Å². The summed E-state index contributed by atoms with van der Waals surface area (Å²) in [5.74, 6) is -1.24. The third kappa shape index (κ3) is 3.25. The van der Waals surface area contributed by atoms with Gasteiger partial charge in [-0.25, -0.2) is 13.2 Å². The Bertz CT molecular complexity index is 772. The number of carboxylic acid groups (broad SMARTS) is 1. The summed E-state index contributed by atoms with van der Waals surface area (Å²) in [5.41, 5.74) is 0.0178. The molecule has 1 aromatic heterocycles. The van der Waals surface area contributed by atoms with E-state index in [-0.39, 0.29) is 21.3 Å². The maximum absolute atomic E-state index is 12.1. The Balaban J connectivity index is 2.33. The van der Waals surface area contributed by atoms with Crippen molar-refractivity contribution in [3.63, 3.8) is 0 Å². The first kappa shape index (κ1) is 15.1. The standard InChI is InChI=1S/C11H8ClIN2O4S/c12-8-3-6(13)1-2-9(8)15-20(18,19)7-4-10(11(16)17)14-5-7/h1-5,14-15H,(H,16,17). The molecule has 0 saturated carbocycles. The fraction of sp³-hybridized carbons (Fsp3) is 0. The van der Waals surface area contributed by atoms with Crippen LogP contribution in [0.4, 0.5) is 5.69 Å². The van der Waals surface area contributed by atoms with Crippen molar-refractivity contribution in [3.05, 3.63) is 44.7 Å². The van der Waals surface area contributed by atoms with Gasteiger partial charge in [-0.2, -0.15) is 0 Å². The van der Waals surface area contributed by atoms with Crippen molar-refractivity contribution in [2.75, 3.05) is 4.72 Å². The summed E-state index contributed by atoms with van der Waals surface area (Å²) in [6.07, 6.45) is 1.10. The molecule has 0 bridgehead atoms. The zero-order chi connectivity index (χ0) is 14.9. The second kappa shape index (κ2) is 5.62. The van der Waals surface area contributed by atoms with E-state index in [0.29, 0.717) is 0 Å². The summed E-state index contributed by atoms with van der Waals surface area (Å²) in [6, 6.07) is 5.88. The number of nitrogens with one attached hydrogen (secondary N) is 2. The van der Waals surface area contributed by atoms with Crippen LogP contribution < -0.4 is 4.72 Å². The van der Waals surface area contributed by atoms with E-state index in [0.717, 1.165) is 15.8 Å². The number of sulfonamides is 1. The lowest BCUT2D eigenvalue weighted by Crippen LogP contribution is -2.12. The average molecular weight is 427 g/mol. The predicted octanol–water partition coefficient (Wildman–Crippen LogP) is 2.77. The van der Waals surface area contributed by atoms with Gasteiger partial charge >= 0.3 is 5.97 Å². The van der Waals surface area contributed by atoms with Crippen LogP contribution in [0.5, 0.6) is 0 Å². The highest BCUT2D eigenvalue weighted by Crippen LogP contribution is 2.26. The molecule has 2 rings (SSSR count). The number of carboxylic acids is 1. The van der Waals surface area contributed by atoms with Gasteiger partial charge in [0, 0.05) is 9.77 Å². The molecule has 0 saturated heterocycles. The van der Waals surface area contributed by atoms with Gasteiger partial charge in [0.25, 0.3) is 10.0 Å². The maximum Gasteiger partial charge on any atom is 0.352 e. The first-order valence-corrected chi connectivity index (χ1v) is 8.13. The second-order valence-electron chi connectivity index (χ2n) is 3.78. The average Bonchev–Trinajstić information content (AvgIpc) is 2.83. The van der Waals surface area contributed by atoms with E-state index >= 15 is 0 Å². The number of rotatable bonds is 4. The molecule has 0 unspecified atom stereocenters. The van der Waals surface area contributed by atoms with Gasteiger partial charge in [-0.05, 0) is 46.9 Å². The number of aromatic nitrogens is 1. The highest BCUT2D eigenvalue weighted by atomic mass is 127. The van der Waals surface area contributed by atoms with Gasteiger partial charge in [-0.1, -0.05) is 11.6 Å². The molecule has 0 aliphatic rings. The highest BCUT2D eigenvalue weighted by molar-refractivity contribution is 14.1. The van der Waals surface area contributed by atoms with Crippen LogP contribution in [0.3, 0.4) is 0 Å². The molecule has 20 heavy (non-hydrogen) atoms. The summed E-state index contributed by atoms with van der Waals surface area (Å²) in [5, 5.41) is 9.02. The van der Waals surface area contributed by atoms with E-state index in [1.807, 2.05) is 22.6 Å². The van der Waals surface area contributed by atoms with Gasteiger partial charge < -0.3 is 10.1 Å². The summed E-state index contributed by atoms with van der Waals surface area (Å²) in [6.45, 7) is 0. The van der Waals surface area contributed by atoms with E-state index in [1.165, 1.54) is 6.07 Å². The van der Waals surface area contributed by atoms with Crippen LogP contribution in [0, 0.1) is 3.57 Å². The first-order valence-electron chi connectivity index (χ1n) is 5.19. The van der Waals surface area contributed by atoms with Crippen molar-refractivity contribution in [1.82, 2.24) is 4.98 Å². The maximum atomic E-state index is 12.1. The molecule has 106 valence electrons. The summed E-state index contributed by atoms with van der Waals surface area (Å²) >= 11 is 7.99. The molecular formula is C11H8ClIN2O4S. The van der Waals surface area contributed by atoms with E-state index in [1.54, 1.807) is 12.1 Å². The minimum absolute atomic E-state index is 0.176. The minimum Gasteiger partial charge on any atom is -0.477 e. The molecule has 0 aliphatic carbocycles. The molecular weight excluding hydrogens is 419 g/mol. The monoisotopic (exact) mass is 426 g/mol. The van der Waals surface area contributed by atoms with Gasteiger partial charge in [0.1, 0.15) is 10.6 Å². The van der Waals surface area contributed by atoms with E-state index in [2.05, 4.69) is 9.71 Å². The molecule has 2 aromatic rings. The molecule has 1 aromatic carbocycles. The molecule has 0 atom stereocenters. The Morgan fingerprint density at radius 3 is 2.60 bits per heavy atom. The summed E-state index contributed by atoms with van der Waals surface area (Å²) < 4.78 is 27.4. The second-order valence-corrected chi connectivity index (χ2v) is 7.12. The Morgan fingerprint density at radius 2 is 2.05 bits per heavy atom. The van der Waals surface area contributed by atoms with Crippen LogP contribution >= 0.6 is 34.2 Å². The van der Waals surface area contributed by atoms with E-state index < -0.39 is 16.0 Å². The molecule has 9 heteroatoms. The smallest absolute Gasteiger partial charge is 0.352 e. The topological polar surface area (TPSA) is 99.3 Å². The summed E-state index contributed by atoms with van der Waals surface area (Å²) in [4.78, 5) is 12.9. The lowest BCUT2D eigenvalue weighted by atomic mass is 10.3. The number of aromatic carboxylic acids is 1. The largest absolute Gasteiger partial charge is 0.477 e. The SMILES string of the molecule is O=C(O)c1cc(S(=O)(=O)Nc2ccc(I)cc2Cl)c[nH]1. The number of halogens is 2. The Kier molecular flexibility index (Phi) is 4.25. The number of hydrogen-bond acceptors (Lipinski definition) is 3. The van der Waals surface area contributed by atoms with Crippen LogP contribution in [0.15, 0.2) is 35.4 Å². The fourth-order valence-electron chi connectivity index (χ4n) is 1.43. The molecule has 6 nitrogen and oxygen atoms in total. The van der Waals surface area contributed by atoms with Gasteiger partial charge in [-0.15, -0.1) is 0 Å². The van der Waals surface area contributed by atoms with E-state index in [4.69, 9.17) is 16.7 Å². The van der Waals surface area contributed by atoms with Gasteiger partial charge in [0.15, 0.2) is 0 Å². The van der Waals surface area contributed by atoms with Crippen LogP contribution in [-0.2, 0) is 10.0 Å². The van der Waals surface area contributed by atoms with E-state index in [9.17, 15) is 13.2 Å². The number of anilines is 1. The molecule has 1 heterocycles. The zero-order valence-corrected chi connectivity index (χ0v) is 13.5. The van der Waals surface area contributed by atoms with Gasteiger partial charge in [0.2, 0.25) is 0 Å². The van der Waals surface area contributed by atoms with Crippen LogP contribution in [-0.4, -0.2) is 24.5 Å². The number of carbonyl (C=O) groups is 1. The van der Waals surface area contributed by atoms with Crippen molar-refractivity contribution in [3.8, 4) is 0 Å². The Hall–Kier alpha value is -1.26. The lowest BCUT2D eigenvalue weighted by molar-refractivity contribution is 0.0691. The summed E-state index contributed by atoms with van der Waals surface area (Å²) in [7, 11) is -3.89. The normalized spacial score (nSPS) is 11.3. The first-order chi connectivity index (χ1) is 9.29. The molecule has 3 N–H and O–H groups in total. The quantitative estimate of drug-likeness (QED) is 0.655. The molecule has 0 radical (unpaired) electrons. The van der Waals surface area contributed by atoms with Crippen molar-refractivity contribution in [1.29, 1.82) is 0 Å². The van der Waals surface area contributed by atoms with Crippen molar-refractivity contribution < 1.29 is 18.3 Å². The third-order valence-corrected chi connectivity index (χ3v) is 4.70. The van der Waals surface area contributed by atoms with Crippen molar-refractivity contribution in [2.24, 2.45) is 0 Å². The van der Waals surface area contributed by atoms with Crippen LogP contribution in [0.25, 0.3) is 0 Å². The minimum atomic E-state index is -3.89. The van der Waals surface area contributed by atoms with Crippen LogP contribution in [0.1, 0.15) is 10.5 Å². The molecule has 0 amide bonds. The Morgan fingerprint density at radius 1 is 1.35 bits per heavy atom. The number of benzene rings is 1. The van der Waals surface area contributed by atoms with Gasteiger partial charge in [-0.3, -0.25) is 4.72 Å². The number of hydrogen-bond donors (Lipinski definition) is 3. The number of aromatic amines is 1. The molecule has 0 fully saturated rings. The lowest BCUT2D eigenvalue weighted by Gasteiger charge is -2.08. The zero-order valence-electron chi connectivity index (χ0n) is 9.72. The number of H-pyrrole nitrogens is 1. The van der Waals surface area contributed by atoms with Crippen molar-refractivity contribution >= 4 is 55.9 Å². The third-order valence-electron chi connectivity index (χ3n) is 2.37. The molecule has 0 spiro atoms. The van der Waals surface area contributed by atoms with Gasteiger partial charge in [0.05, 0.1) is 10.7 Å². The Labute approximate surface area is 133 Å². The fourth-order valence-corrected chi connectivity index (χ4v) is 3.46. The predicted molar refractivity (Wildman–Crippen MR) is 82.7 cm³/mol.